The summed E-state index contributed by atoms with van der Waals surface area (Å²) < 4.78 is 11.7. The van der Waals surface area contributed by atoms with Gasteiger partial charge in [0.25, 0.3) is 0 Å². The molecule has 0 spiro atoms. The van der Waals surface area contributed by atoms with Crippen molar-refractivity contribution in [1.29, 1.82) is 0 Å². The van der Waals surface area contributed by atoms with E-state index in [1.165, 1.54) is 44.9 Å². The van der Waals surface area contributed by atoms with Crippen molar-refractivity contribution in [2.45, 2.75) is 57.4 Å². The van der Waals surface area contributed by atoms with Crippen molar-refractivity contribution >= 4 is 9.28 Å². The van der Waals surface area contributed by atoms with Crippen molar-refractivity contribution in [3.63, 3.8) is 0 Å². The summed E-state index contributed by atoms with van der Waals surface area (Å²) >= 11 is 0. The largest absolute Gasteiger partial charge is 0.393 e. The smallest absolute Gasteiger partial charge is 0.388 e. The summed E-state index contributed by atoms with van der Waals surface area (Å²) in [5.74, 6) is 0.824. The Bertz CT molecular complexity index is 232. The summed E-state index contributed by atoms with van der Waals surface area (Å²) in [4.78, 5) is 0. The van der Waals surface area contributed by atoms with Gasteiger partial charge in [-0.1, -0.05) is 31.4 Å². The molecule has 0 aromatic rings. The van der Waals surface area contributed by atoms with Gasteiger partial charge in [0.1, 0.15) is 0 Å². The molecule has 1 radical (unpaired) electrons. The van der Waals surface area contributed by atoms with Gasteiger partial charge in [0.15, 0.2) is 0 Å². The highest BCUT2D eigenvalue weighted by molar-refractivity contribution is 6.46. The summed E-state index contributed by atoms with van der Waals surface area (Å²) in [5, 5.41) is 0. The van der Waals surface area contributed by atoms with Crippen LogP contribution in [0, 0.1) is 5.92 Å². The van der Waals surface area contributed by atoms with Gasteiger partial charge < -0.3 is 8.85 Å². The maximum Gasteiger partial charge on any atom is 0.388 e. The Balaban J connectivity index is 1.63. The lowest BCUT2D eigenvalue weighted by molar-refractivity contribution is 0.197. The molecule has 2 saturated carbocycles. The maximum atomic E-state index is 5.94. The first-order chi connectivity index (χ1) is 8.40. The molecule has 17 heavy (non-hydrogen) atoms. The van der Waals surface area contributed by atoms with Crippen LogP contribution in [0.2, 0.25) is 5.54 Å². The number of rotatable bonds is 7. The van der Waals surface area contributed by atoms with Crippen LogP contribution >= 0.6 is 0 Å². The zero-order valence-electron chi connectivity index (χ0n) is 11.0. The van der Waals surface area contributed by atoms with Crippen molar-refractivity contribution in [3.8, 4) is 0 Å². The van der Waals surface area contributed by atoms with E-state index in [1.807, 2.05) is 0 Å². The molecular formula is C14H25O2Si. The van der Waals surface area contributed by atoms with Gasteiger partial charge in [-0.05, 0) is 38.5 Å². The molecule has 0 N–H and O–H groups in total. The monoisotopic (exact) mass is 253 g/mol. The first-order valence-corrected chi connectivity index (χ1v) is 8.58. The highest BCUT2D eigenvalue weighted by atomic mass is 28.3. The van der Waals surface area contributed by atoms with Gasteiger partial charge in [0.2, 0.25) is 0 Å². The molecule has 0 atom stereocenters. The average molecular weight is 253 g/mol. The Morgan fingerprint density at radius 2 is 1.82 bits per heavy atom. The predicted octanol–water partition coefficient (Wildman–Crippen LogP) is 3.83. The normalized spacial score (nSPS) is 22.7. The molecule has 2 nitrogen and oxygen atoms in total. The van der Waals surface area contributed by atoms with E-state index in [-0.39, 0.29) is 0 Å². The molecule has 0 unspecified atom stereocenters. The molecule has 0 aromatic heterocycles. The maximum absolute atomic E-state index is 5.94. The molecule has 3 heteroatoms. The molecule has 2 fully saturated rings. The van der Waals surface area contributed by atoms with Crippen LogP contribution < -0.4 is 0 Å². The lowest BCUT2D eigenvalue weighted by Crippen LogP contribution is -2.33. The molecular weight excluding hydrogens is 228 g/mol. The lowest BCUT2D eigenvalue weighted by atomic mass is 10.00. The van der Waals surface area contributed by atoms with Crippen LogP contribution in [0.4, 0.5) is 0 Å². The molecule has 0 bridgehead atoms. The van der Waals surface area contributed by atoms with Crippen LogP contribution in [-0.4, -0.2) is 22.5 Å². The van der Waals surface area contributed by atoms with Gasteiger partial charge >= 0.3 is 9.28 Å². The van der Waals surface area contributed by atoms with Crippen LogP contribution in [0.15, 0.2) is 12.2 Å². The van der Waals surface area contributed by atoms with E-state index < -0.39 is 9.28 Å². The third-order valence-corrected chi connectivity index (χ3v) is 6.12. The quantitative estimate of drug-likeness (QED) is 0.507. The van der Waals surface area contributed by atoms with E-state index >= 15 is 0 Å². The zero-order valence-corrected chi connectivity index (χ0v) is 12.0. The fourth-order valence-electron chi connectivity index (χ4n) is 2.59. The SMILES string of the molecule is CCO[Si](OCC=CC1CCCC1)C1CCC1. The van der Waals surface area contributed by atoms with Crippen molar-refractivity contribution in [3.05, 3.63) is 12.2 Å². The zero-order chi connectivity index (χ0) is 11.9. The van der Waals surface area contributed by atoms with Crippen molar-refractivity contribution < 1.29 is 8.85 Å². The van der Waals surface area contributed by atoms with E-state index in [4.69, 9.17) is 8.85 Å². The molecule has 0 aliphatic heterocycles. The van der Waals surface area contributed by atoms with Crippen LogP contribution in [-0.2, 0) is 8.85 Å². The number of allylic oxidation sites excluding steroid dienone is 1. The van der Waals surface area contributed by atoms with Crippen molar-refractivity contribution in [2.75, 3.05) is 13.2 Å². The molecule has 2 aliphatic carbocycles. The Hall–Kier alpha value is -0.123. The van der Waals surface area contributed by atoms with Gasteiger partial charge in [-0.3, -0.25) is 0 Å². The standard InChI is InChI=1S/C14H25O2Si/c1-2-15-17(14-10-5-11-14)16-12-6-9-13-7-3-4-8-13/h6,9,13-14H,2-5,7-8,10-12H2,1H3. The van der Waals surface area contributed by atoms with Crippen LogP contribution in [0.25, 0.3) is 0 Å². The van der Waals surface area contributed by atoms with Gasteiger partial charge in [-0.2, -0.15) is 0 Å². The van der Waals surface area contributed by atoms with Gasteiger partial charge in [-0.15, -0.1) is 0 Å². The minimum absolute atomic E-state index is 0.750. The number of hydrogen-bond acceptors (Lipinski definition) is 2. The fourth-order valence-corrected chi connectivity index (χ4v) is 4.57. The molecule has 0 amide bonds. The van der Waals surface area contributed by atoms with Crippen LogP contribution in [0.5, 0.6) is 0 Å². The van der Waals surface area contributed by atoms with E-state index in [0.717, 1.165) is 24.7 Å². The molecule has 2 aliphatic rings. The molecule has 0 aromatic carbocycles. The van der Waals surface area contributed by atoms with E-state index in [0.29, 0.717) is 0 Å². The topological polar surface area (TPSA) is 18.5 Å². The first kappa shape index (κ1) is 13.3. The van der Waals surface area contributed by atoms with E-state index in [2.05, 4.69) is 19.1 Å². The van der Waals surface area contributed by atoms with Gasteiger partial charge in [0.05, 0.1) is 6.61 Å². The first-order valence-electron chi connectivity index (χ1n) is 7.19. The van der Waals surface area contributed by atoms with E-state index in [1.54, 1.807) is 0 Å². The third-order valence-electron chi connectivity index (χ3n) is 3.85. The van der Waals surface area contributed by atoms with E-state index in [9.17, 15) is 0 Å². The molecule has 0 saturated heterocycles. The molecule has 2 rings (SSSR count). The fraction of sp³-hybridized carbons (Fsp3) is 0.857. The Labute approximate surface area is 107 Å². The minimum atomic E-state index is -0.984. The van der Waals surface area contributed by atoms with Crippen molar-refractivity contribution in [2.24, 2.45) is 5.92 Å². The highest BCUT2D eigenvalue weighted by Gasteiger charge is 2.32. The number of hydrogen-bond donors (Lipinski definition) is 0. The minimum Gasteiger partial charge on any atom is -0.393 e. The van der Waals surface area contributed by atoms with Gasteiger partial charge in [0, 0.05) is 12.1 Å². The van der Waals surface area contributed by atoms with Gasteiger partial charge in [-0.25, -0.2) is 0 Å². The molecule has 0 heterocycles. The van der Waals surface area contributed by atoms with Crippen LogP contribution in [0.3, 0.4) is 0 Å². The third kappa shape index (κ3) is 4.23. The summed E-state index contributed by atoms with van der Waals surface area (Å²) in [5.41, 5.74) is 0.750. The second-order valence-corrected chi connectivity index (χ2v) is 7.20. The summed E-state index contributed by atoms with van der Waals surface area (Å²) in [6, 6.07) is 0. The van der Waals surface area contributed by atoms with Crippen molar-refractivity contribution in [1.82, 2.24) is 0 Å². The van der Waals surface area contributed by atoms with Crippen LogP contribution in [0.1, 0.15) is 51.9 Å². The predicted molar refractivity (Wildman–Crippen MR) is 72.0 cm³/mol. The average Bonchev–Trinajstić information content (AvgIpc) is 2.75. The second kappa shape index (κ2) is 7.34. The summed E-state index contributed by atoms with van der Waals surface area (Å²) in [6.45, 7) is 3.64. The Morgan fingerprint density at radius 1 is 1.06 bits per heavy atom. The summed E-state index contributed by atoms with van der Waals surface area (Å²) in [6.07, 6.45) is 14.2. The Kier molecular flexibility index (Phi) is 5.75. The highest BCUT2D eigenvalue weighted by Crippen LogP contribution is 2.35. The Morgan fingerprint density at radius 3 is 2.41 bits per heavy atom. The lowest BCUT2D eigenvalue weighted by Gasteiger charge is -2.29. The molecule has 97 valence electrons. The summed E-state index contributed by atoms with van der Waals surface area (Å²) in [7, 11) is -0.984. The second-order valence-electron chi connectivity index (χ2n) is 5.16.